The van der Waals surface area contributed by atoms with Crippen molar-refractivity contribution in [1.82, 2.24) is 19.7 Å². The predicted molar refractivity (Wildman–Crippen MR) is 113 cm³/mol. The summed E-state index contributed by atoms with van der Waals surface area (Å²) in [6, 6.07) is 10.0. The van der Waals surface area contributed by atoms with E-state index in [9.17, 15) is 4.79 Å². The fourth-order valence-electron chi connectivity index (χ4n) is 3.59. The van der Waals surface area contributed by atoms with Crippen LogP contribution in [0.25, 0.3) is 5.82 Å². The van der Waals surface area contributed by atoms with E-state index in [0.717, 1.165) is 48.9 Å². The minimum Gasteiger partial charge on any atom is -0.367 e. The Labute approximate surface area is 170 Å². The van der Waals surface area contributed by atoms with Gasteiger partial charge in [0, 0.05) is 19.5 Å². The lowest BCUT2D eigenvalue weighted by molar-refractivity contribution is -0.116. The number of benzene rings is 1. The van der Waals surface area contributed by atoms with Crippen LogP contribution in [0.1, 0.15) is 31.7 Å². The topological polar surface area (TPSA) is 75.9 Å². The molecule has 0 bridgehead atoms. The Kier molecular flexibility index (Phi) is 5.84. The second-order valence-corrected chi connectivity index (χ2v) is 7.61. The average Bonchev–Trinajstić information content (AvgIpc) is 3.22. The molecule has 7 heteroatoms. The van der Waals surface area contributed by atoms with Crippen LogP contribution in [-0.2, 0) is 11.2 Å². The van der Waals surface area contributed by atoms with Crippen molar-refractivity contribution in [2.75, 3.05) is 23.3 Å². The van der Waals surface area contributed by atoms with Crippen LogP contribution in [0.3, 0.4) is 0 Å². The molecule has 7 nitrogen and oxygen atoms in total. The van der Waals surface area contributed by atoms with Crippen LogP contribution in [0.5, 0.6) is 0 Å². The summed E-state index contributed by atoms with van der Waals surface area (Å²) in [6.07, 6.45) is 10.3. The van der Waals surface area contributed by atoms with Gasteiger partial charge in [-0.25, -0.2) is 14.6 Å². The molecule has 0 unspecified atom stereocenters. The molecule has 0 aliphatic carbocycles. The first-order chi connectivity index (χ1) is 14.2. The fourth-order valence-corrected chi connectivity index (χ4v) is 3.59. The van der Waals surface area contributed by atoms with Gasteiger partial charge in [-0.3, -0.25) is 4.79 Å². The van der Waals surface area contributed by atoms with E-state index in [0.29, 0.717) is 18.5 Å². The molecule has 0 saturated carbocycles. The summed E-state index contributed by atoms with van der Waals surface area (Å²) in [5.74, 6) is 1.46. The minimum absolute atomic E-state index is 0.0265. The number of nitrogens with zero attached hydrogens (tertiary/aromatic N) is 5. The summed E-state index contributed by atoms with van der Waals surface area (Å²) < 4.78 is 1.71. The molecule has 1 fully saturated rings. The van der Waals surface area contributed by atoms with Crippen molar-refractivity contribution in [3.05, 3.63) is 60.8 Å². The van der Waals surface area contributed by atoms with Crippen LogP contribution in [-0.4, -0.2) is 38.7 Å². The van der Waals surface area contributed by atoms with E-state index in [1.807, 2.05) is 36.5 Å². The molecule has 2 aromatic heterocycles. The normalized spacial score (nSPS) is 14.7. The number of nitrogens with one attached hydrogen (secondary N) is 1. The van der Waals surface area contributed by atoms with Gasteiger partial charge in [0.25, 0.3) is 0 Å². The van der Waals surface area contributed by atoms with Gasteiger partial charge < -0.3 is 10.2 Å². The summed E-state index contributed by atoms with van der Waals surface area (Å²) in [7, 11) is 0. The third-order valence-corrected chi connectivity index (χ3v) is 5.36. The Morgan fingerprint density at radius 2 is 1.97 bits per heavy atom. The maximum atomic E-state index is 12.3. The van der Waals surface area contributed by atoms with Gasteiger partial charge in [0.2, 0.25) is 5.91 Å². The zero-order chi connectivity index (χ0) is 20.1. The van der Waals surface area contributed by atoms with E-state index in [-0.39, 0.29) is 5.91 Å². The monoisotopic (exact) mass is 390 g/mol. The van der Waals surface area contributed by atoms with Crippen molar-refractivity contribution in [1.29, 1.82) is 0 Å². The molecule has 0 radical (unpaired) electrons. The first kappa shape index (κ1) is 19.1. The highest BCUT2D eigenvalue weighted by atomic mass is 16.1. The van der Waals surface area contributed by atoms with E-state index in [2.05, 4.69) is 32.2 Å². The second kappa shape index (κ2) is 8.86. The van der Waals surface area contributed by atoms with Crippen LogP contribution >= 0.6 is 0 Å². The van der Waals surface area contributed by atoms with Gasteiger partial charge in [-0.05, 0) is 30.7 Å². The number of carbonyl (C=O) groups is 1. The van der Waals surface area contributed by atoms with Crippen molar-refractivity contribution in [2.24, 2.45) is 5.92 Å². The van der Waals surface area contributed by atoms with Gasteiger partial charge in [0.05, 0.1) is 24.3 Å². The number of aromatic nitrogens is 4. The Bertz CT molecular complexity index is 947. The number of carbonyl (C=O) groups excluding carboxylic acids is 1. The number of rotatable bonds is 6. The molecule has 4 rings (SSSR count). The SMILES string of the molecule is CC1CCN(c2cncnc2-n2cc(NC(=O)CCc3ccccc3)cn2)CC1. The van der Waals surface area contributed by atoms with Crippen molar-refractivity contribution >= 4 is 17.3 Å². The van der Waals surface area contributed by atoms with Gasteiger partial charge in [0.1, 0.15) is 12.0 Å². The van der Waals surface area contributed by atoms with Crippen molar-refractivity contribution in [3.8, 4) is 5.82 Å². The molecule has 1 amide bonds. The largest absolute Gasteiger partial charge is 0.367 e. The van der Waals surface area contributed by atoms with E-state index in [1.165, 1.54) is 6.33 Å². The molecule has 1 saturated heterocycles. The number of hydrogen-bond donors (Lipinski definition) is 1. The lowest BCUT2D eigenvalue weighted by atomic mass is 9.99. The first-order valence-corrected chi connectivity index (χ1v) is 10.1. The molecule has 1 aromatic carbocycles. The van der Waals surface area contributed by atoms with Gasteiger partial charge in [0.15, 0.2) is 5.82 Å². The molecular weight excluding hydrogens is 364 g/mol. The Hall–Kier alpha value is -3.22. The quantitative estimate of drug-likeness (QED) is 0.697. The van der Waals surface area contributed by atoms with Crippen LogP contribution in [0.4, 0.5) is 11.4 Å². The van der Waals surface area contributed by atoms with Crippen molar-refractivity contribution in [2.45, 2.75) is 32.6 Å². The number of anilines is 2. The Balaban J connectivity index is 1.42. The third-order valence-electron chi connectivity index (χ3n) is 5.36. The minimum atomic E-state index is -0.0265. The number of hydrogen-bond acceptors (Lipinski definition) is 5. The molecule has 3 heterocycles. The van der Waals surface area contributed by atoms with Gasteiger partial charge >= 0.3 is 0 Å². The van der Waals surface area contributed by atoms with E-state index >= 15 is 0 Å². The van der Waals surface area contributed by atoms with Crippen LogP contribution < -0.4 is 10.2 Å². The molecule has 0 atom stereocenters. The number of amides is 1. The lowest BCUT2D eigenvalue weighted by Gasteiger charge is -2.32. The van der Waals surface area contributed by atoms with Crippen molar-refractivity contribution in [3.63, 3.8) is 0 Å². The first-order valence-electron chi connectivity index (χ1n) is 10.1. The molecule has 0 spiro atoms. The zero-order valence-electron chi connectivity index (χ0n) is 16.7. The molecule has 1 aliphatic heterocycles. The van der Waals surface area contributed by atoms with Gasteiger partial charge in [-0.15, -0.1) is 0 Å². The highest BCUT2D eigenvalue weighted by Crippen LogP contribution is 2.26. The highest BCUT2D eigenvalue weighted by Gasteiger charge is 2.20. The van der Waals surface area contributed by atoms with E-state index < -0.39 is 0 Å². The molecule has 1 aliphatic rings. The average molecular weight is 390 g/mol. The molecular formula is C22H26N6O. The molecule has 1 N–H and O–H groups in total. The maximum Gasteiger partial charge on any atom is 0.224 e. The Morgan fingerprint density at radius 1 is 1.17 bits per heavy atom. The van der Waals surface area contributed by atoms with Crippen LogP contribution in [0.2, 0.25) is 0 Å². The predicted octanol–water partition coefficient (Wildman–Crippen LogP) is 3.47. The summed E-state index contributed by atoms with van der Waals surface area (Å²) >= 11 is 0. The lowest BCUT2D eigenvalue weighted by Crippen LogP contribution is -2.33. The number of aryl methyl sites for hydroxylation is 1. The maximum absolute atomic E-state index is 12.3. The standard InChI is InChI=1S/C22H26N6O/c1-17-9-11-27(12-10-17)20-14-23-16-24-22(20)28-15-19(13-25-28)26-21(29)8-7-18-5-3-2-4-6-18/h2-6,13-17H,7-12H2,1H3,(H,26,29). The van der Waals surface area contributed by atoms with Gasteiger partial charge in [-0.2, -0.15) is 5.10 Å². The zero-order valence-corrected chi connectivity index (χ0v) is 16.7. The third kappa shape index (κ3) is 4.80. The van der Waals surface area contributed by atoms with Crippen molar-refractivity contribution < 1.29 is 4.79 Å². The van der Waals surface area contributed by atoms with E-state index in [4.69, 9.17) is 0 Å². The van der Waals surface area contributed by atoms with Gasteiger partial charge in [-0.1, -0.05) is 37.3 Å². The number of piperidine rings is 1. The summed E-state index contributed by atoms with van der Waals surface area (Å²) in [5.41, 5.74) is 2.80. The smallest absolute Gasteiger partial charge is 0.224 e. The van der Waals surface area contributed by atoms with E-state index in [1.54, 1.807) is 17.1 Å². The summed E-state index contributed by atoms with van der Waals surface area (Å²) in [5, 5.41) is 7.34. The molecule has 150 valence electrons. The summed E-state index contributed by atoms with van der Waals surface area (Å²) in [6.45, 7) is 4.28. The fraction of sp³-hybridized carbons (Fsp3) is 0.364. The van der Waals surface area contributed by atoms with Crippen LogP contribution in [0.15, 0.2) is 55.2 Å². The highest BCUT2D eigenvalue weighted by molar-refractivity contribution is 5.90. The second-order valence-electron chi connectivity index (χ2n) is 7.61. The Morgan fingerprint density at radius 3 is 2.76 bits per heavy atom. The van der Waals surface area contributed by atoms with Crippen LogP contribution in [0, 0.1) is 5.92 Å². The molecule has 3 aromatic rings. The molecule has 29 heavy (non-hydrogen) atoms. The summed E-state index contributed by atoms with van der Waals surface area (Å²) in [4.78, 5) is 23.3.